The van der Waals surface area contributed by atoms with Crippen molar-refractivity contribution in [3.05, 3.63) is 54.1 Å². The number of carbonyl (C=O) groups excluding carboxylic acids is 1. The zero-order valence-electron chi connectivity index (χ0n) is 11.4. The molecule has 20 heavy (non-hydrogen) atoms. The maximum atomic E-state index is 12.4. The van der Waals surface area contributed by atoms with Crippen LogP contribution in [0.25, 0.3) is 0 Å². The van der Waals surface area contributed by atoms with E-state index < -0.39 is 0 Å². The quantitative estimate of drug-likeness (QED) is 0.907. The van der Waals surface area contributed by atoms with Crippen molar-refractivity contribution in [1.82, 2.24) is 14.5 Å². The molecule has 0 aliphatic carbocycles. The zero-order valence-corrected chi connectivity index (χ0v) is 12.2. The van der Waals surface area contributed by atoms with Gasteiger partial charge in [-0.1, -0.05) is 30.3 Å². The zero-order chi connectivity index (χ0) is 13.7. The highest BCUT2D eigenvalue weighted by Crippen LogP contribution is 2.09. The number of imidazole rings is 1. The Kier molecular flexibility index (Phi) is 6.21. The van der Waals surface area contributed by atoms with Crippen molar-refractivity contribution in [3.8, 4) is 0 Å². The van der Waals surface area contributed by atoms with Gasteiger partial charge in [0, 0.05) is 26.7 Å². The second-order valence-corrected chi connectivity index (χ2v) is 4.39. The number of aryl methyl sites for hydroxylation is 1. The normalized spacial score (nSPS) is 9.90. The molecule has 1 amide bonds. The summed E-state index contributed by atoms with van der Waals surface area (Å²) in [6, 6.07) is 9.88. The van der Waals surface area contributed by atoms with Gasteiger partial charge in [-0.25, -0.2) is 4.98 Å². The van der Waals surface area contributed by atoms with E-state index in [0.717, 1.165) is 5.56 Å². The lowest BCUT2D eigenvalue weighted by Crippen LogP contribution is -2.35. The highest BCUT2D eigenvalue weighted by atomic mass is 35.5. The molecule has 5 nitrogen and oxygen atoms in total. The third kappa shape index (κ3) is 3.82. The molecular formula is C14H19ClN4O. The Balaban J connectivity index is 0.00000200. The van der Waals surface area contributed by atoms with E-state index in [9.17, 15) is 4.79 Å². The maximum absolute atomic E-state index is 12.4. The van der Waals surface area contributed by atoms with Gasteiger partial charge in [-0.2, -0.15) is 0 Å². The van der Waals surface area contributed by atoms with Crippen molar-refractivity contribution in [3.63, 3.8) is 0 Å². The lowest BCUT2D eigenvalue weighted by molar-refractivity contribution is 0.0738. The molecule has 1 aromatic heterocycles. The van der Waals surface area contributed by atoms with Gasteiger partial charge in [0.05, 0.1) is 12.5 Å². The van der Waals surface area contributed by atoms with Crippen molar-refractivity contribution in [1.29, 1.82) is 0 Å². The van der Waals surface area contributed by atoms with Crippen LogP contribution in [-0.4, -0.2) is 33.4 Å². The first kappa shape index (κ1) is 16.2. The number of carbonyl (C=O) groups is 1. The van der Waals surface area contributed by atoms with Gasteiger partial charge in [0.1, 0.15) is 5.69 Å². The van der Waals surface area contributed by atoms with Crippen molar-refractivity contribution < 1.29 is 4.79 Å². The standard InChI is InChI=1S/C14H18N4O.ClH/c1-17-11-16-9-13(17)14(19)18(8-7-15)10-12-5-3-2-4-6-12;/h2-6,9,11H,7-8,10,15H2,1H3;1H. The fraction of sp³-hybridized carbons (Fsp3) is 0.286. The average Bonchev–Trinajstić information content (AvgIpc) is 2.85. The highest BCUT2D eigenvalue weighted by Gasteiger charge is 2.18. The molecule has 0 unspecified atom stereocenters. The molecule has 0 saturated carbocycles. The SMILES string of the molecule is Cl.Cn1cncc1C(=O)N(CCN)Cc1ccccc1. The molecule has 2 rings (SSSR count). The molecule has 0 radical (unpaired) electrons. The van der Waals surface area contributed by atoms with Crippen molar-refractivity contribution in [2.45, 2.75) is 6.54 Å². The number of amides is 1. The molecule has 6 heteroatoms. The van der Waals surface area contributed by atoms with Crippen LogP contribution in [-0.2, 0) is 13.6 Å². The molecule has 2 N–H and O–H groups in total. The van der Waals surface area contributed by atoms with Gasteiger partial charge < -0.3 is 15.2 Å². The third-order valence-electron chi connectivity index (χ3n) is 2.94. The molecule has 0 aliphatic rings. The second kappa shape index (κ2) is 7.67. The molecule has 0 saturated heterocycles. The molecule has 0 fully saturated rings. The van der Waals surface area contributed by atoms with Crippen LogP contribution in [0.1, 0.15) is 16.1 Å². The molecule has 0 atom stereocenters. The number of halogens is 1. The number of hydrogen-bond donors (Lipinski definition) is 1. The molecular weight excluding hydrogens is 276 g/mol. The van der Waals surface area contributed by atoms with Gasteiger partial charge in [-0.05, 0) is 5.56 Å². The molecule has 1 aromatic carbocycles. The molecule has 2 aromatic rings. The number of rotatable bonds is 5. The molecule has 0 aliphatic heterocycles. The number of nitrogens with two attached hydrogens (primary N) is 1. The van der Waals surface area contributed by atoms with Crippen LogP contribution in [0.15, 0.2) is 42.9 Å². The first-order valence-electron chi connectivity index (χ1n) is 6.22. The van der Waals surface area contributed by atoms with Crippen LogP contribution in [0.4, 0.5) is 0 Å². The molecule has 0 bridgehead atoms. The summed E-state index contributed by atoms with van der Waals surface area (Å²) < 4.78 is 1.72. The minimum atomic E-state index is -0.0469. The van der Waals surface area contributed by atoms with Crippen molar-refractivity contribution in [2.75, 3.05) is 13.1 Å². The first-order chi connectivity index (χ1) is 9.22. The van der Waals surface area contributed by atoms with Gasteiger partial charge in [0.15, 0.2) is 0 Å². The Morgan fingerprint density at radius 3 is 2.60 bits per heavy atom. The van der Waals surface area contributed by atoms with E-state index in [1.807, 2.05) is 37.4 Å². The van der Waals surface area contributed by atoms with Gasteiger partial charge in [0.25, 0.3) is 5.91 Å². The average molecular weight is 295 g/mol. The van der Waals surface area contributed by atoms with E-state index in [1.165, 1.54) is 0 Å². The Hall–Kier alpha value is -1.85. The van der Waals surface area contributed by atoms with Crippen molar-refractivity contribution >= 4 is 18.3 Å². The summed E-state index contributed by atoms with van der Waals surface area (Å²) in [6.45, 7) is 1.53. The number of nitrogens with zero attached hydrogens (tertiary/aromatic N) is 3. The summed E-state index contributed by atoms with van der Waals surface area (Å²) in [5, 5.41) is 0. The lowest BCUT2D eigenvalue weighted by Gasteiger charge is -2.22. The summed E-state index contributed by atoms with van der Waals surface area (Å²) in [6.07, 6.45) is 3.20. The summed E-state index contributed by atoms with van der Waals surface area (Å²) in [4.78, 5) is 18.1. The molecule has 1 heterocycles. The van der Waals surface area contributed by atoms with E-state index >= 15 is 0 Å². The fourth-order valence-electron chi connectivity index (χ4n) is 1.94. The minimum absolute atomic E-state index is 0. The van der Waals surface area contributed by atoms with Crippen LogP contribution in [0, 0.1) is 0 Å². The van der Waals surface area contributed by atoms with Gasteiger partial charge >= 0.3 is 0 Å². The van der Waals surface area contributed by atoms with Crippen LogP contribution < -0.4 is 5.73 Å². The summed E-state index contributed by atoms with van der Waals surface area (Å²) in [5.41, 5.74) is 7.26. The largest absolute Gasteiger partial charge is 0.332 e. The summed E-state index contributed by atoms with van der Waals surface area (Å²) >= 11 is 0. The Labute approximate surface area is 124 Å². The van der Waals surface area contributed by atoms with Crippen molar-refractivity contribution in [2.24, 2.45) is 12.8 Å². The van der Waals surface area contributed by atoms with Crippen LogP contribution in [0.2, 0.25) is 0 Å². The second-order valence-electron chi connectivity index (χ2n) is 4.39. The van der Waals surface area contributed by atoms with E-state index in [2.05, 4.69) is 4.98 Å². The molecule has 108 valence electrons. The van der Waals surface area contributed by atoms with E-state index in [-0.39, 0.29) is 18.3 Å². The fourth-order valence-corrected chi connectivity index (χ4v) is 1.94. The first-order valence-corrected chi connectivity index (χ1v) is 6.22. The van der Waals surface area contributed by atoms with Gasteiger partial charge in [0.2, 0.25) is 0 Å². The minimum Gasteiger partial charge on any atom is -0.332 e. The Bertz CT molecular complexity index is 541. The smallest absolute Gasteiger partial charge is 0.272 e. The predicted octanol–water partition coefficient (Wildman–Crippen LogP) is 1.44. The predicted molar refractivity (Wildman–Crippen MR) is 80.7 cm³/mol. The highest BCUT2D eigenvalue weighted by molar-refractivity contribution is 5.92. The lowest BCUT2D eigenvalue weighted by atomic mass is 10.2. The Morgan fingerprint density at radius 2 is 2.05 bits per heavy atom. The van der Waals surface area contributed by atoms with Crippen LogP contribution >= 0.6 is 12.4 Å². The van der Waals surface area contributed by atoms with Crippen LogP contribution in [0.5, 0.6) is 0 Å². The van der Waals surface area contributed by atoms with Gasteiger partial charge in [-0.15, -0.1) is 12.4 Å². The number of benzene rings is 1. The van der Waals surface area contributed by atoms with E-state index in [4.69, 9.17) is 5.73 Å². The monoisotopic (exact) mass is 294 g/mol. The van der Waals surface area contributed by atoms with E-state index in [1.54, 1.807) is 22.0 Å². The van der Waals surface area contributed by atoms with Crippen LogP contribution in [0.3, 0.4) is 0 Å². The Morgan fingerprint density at radius 1 is 1.35 bits per heavy atom. The third-order valence-corrected chi connectivity index (χ3v) is 2.94. The summed E-state index contributed by atoms with van der Waals surface area (Å²) in [7, 11) is 1.81. The number of aromatic nitrogens is 2. The summed E-state index contributed by atoms with van der Waals surface area (Å²) in [5.74, 6) is -0.0469. The number of hydrogen-bond acceptors (Lipinski definition) is 3. The molecule has 0 spiro atoms. The van der Waals surface area contributed by atoms with Gasteiger partial charge in [-0.3, -0.25) is 4.79 Å². The van der Waals surface area contributed by atoms with E-state index in [0.29, 0.717) is 25.3 Å². The maximum Gasteiger partial charge on any atom is 0.272 e. The topological polar surface area (TPSA) is 64.2 Å².